The van der Waals surface area contributed by atoms with Crippen LogP contribution >= 0.6 is 0 Å². The van der Waals surface area contributed by atoms with E-state index in [0.717, 1.165) is 55.7 Å². The Kier molecular flexibility index (Phi) is 7.37. The predicted molar refractivity (Wildman–Crippen MR) is 184 cm³/mol. The summed E-state index contributed by atoms with van der Waals surface area (Å²) in [5.41, 5.74) is 7.30. The van der Waals surface area contributed by atoms with E-state index < -0.39 is 33.7 Å². The van der Waals surface area contributed by atoms with Gasteiger partial charge in [0.15, 0.2) is 11.5 Å². The number of esters is 1. The number of fused-ring (bicyclic) bond motifs is 4. The highest BCUT2D eigenvalue weighted by Crippen LogP contribution is 2.61. The number of aromatic amines is 1. The van der Waals surface area contributed by atoms with Crippen LogP contribution in [0.1, 0.15) is 125 Å². The summed E-state index contributed by atoms with van der Waals surface area (Å²) in [5.74, 6) is -0.00461. The van der Waals surface area contributed by atoms with Crippen LogP contribution in [-0.2, 0) is 25.3 Å². The van der Waals surface area contributed by atoms with Gasteiger partial charge in [-0.3, -0.25) is 4.79 Å². The molecule has 0 unspecified atom stereocenters. The van der Waals surface area contributed by atoms with Gasteiger partial charge in [0, 0.05) is 41.1 Å². The van der Waals surface area contributed by atoms with Crippen LogP contribution in [0.5, 0.6) is 11.5 Å². The maximum absolute atomic E-state index is 15.2. The fraction of sp³-hybridized carbons (Fsp3) is 0.590. The summed E-state index contributed by atoms with van der Waals surface area (Å²) in [6.07, 6.45) is 0. The number of aryl methyl sites for hydroxylation is 2. The number of ether oxygens (including phenoxy) is 3. The van der Waals surface area contributed by atoms with E-state index in [1.54, 1.807) is 0 Å². The molecule has 7 heteroatoms. The van der Waals surface area contributed by atoms with E-state index in [9.17, 15) is 4.79 Å². The Morgan fingerprint density at radius 1 is 0.739 bits per heavy atom. The van der Waals surface area contributed by atoms with Gasteiger partial charge in [-0.1, -0.05) is 34.6 Å². The van der Waals surface area contributed by atoms with Crippen LogP contribution in [0.15, 0.2) is 0 Å². The van der Waals surface area contributed by atoms with Gasteiger partial charge in [-0.2, -0.15) is 0 Å². The molecule has 7 nitrogen and oxygen atoms in total. The van der Waals surface area contributed by atoms with Crippen molar-refractivity contribution in [3.63, 3.8) is 0 Å². The molecule has 1 amide bonds. The number of nitrogens with one attached hydrogen (secondary N) is 1. The van der Waals surface area contributed by atoms with Crippen molar-refractivity contribution in [2.24, 2.45) is 5.41 Å². The van der Waals surface area contributed by atoms with Crippen molar-refractivity contribution in [1.29, 1.82) is 0 Å². The zero-order valence-electron chi connectivity index (χ0n) is 31.2. The quantitative estimate of drug-likeness (QED) is 0.293. The van der Waals surface area contributed by atoms with E-state index in [4.69, 9.17) is 14.2 Å². The van der Waals surface area contributed by atoms with Crippen LogP contribution in [-0.4, -0.2) is 39.7 Å². The lowest BCUT2D eigenvalue weighted by atomic mass is 9.58. The summed E-state index contributed by atoms with van der Waals surface area (Å²) in [6, 6.07) is 0. The molecule has 0 fully saturated rings. The highest BCUT2D eigenvalue weighted by atomic mass is 16.7. The first-order chi connectivity index (χ1) is 20.9. The van der Waals surface area contributed by atoms with Gasteiger partial charge in [-0.15, -0.1) is 0 Å². The lowest BCUT2D eigenvalue weighted by Gasteiger charge is -2.61. The SMILES string of the molecule is CCOC(=O)[C@]1(C)N(C(=O)C(C)(C)C)[C@](C)(c2c(C)c(C)c3c(c2C)OC(C)(C)O3)c2[nH]c3c(C)c(C)c(C)c(C)c3c2C1(C)C. The van der Waals surface area contributed by atoms with Crippen LogP contribution in [0.25, 0.3) is 10.9 Å². The Balaban J connectivity index is 2.11. The van der Waals surface area contributed by atoms with Crippen LogP contribution in [0.4, 0.5) is 0 Å². The fourth-order valence-corrected chi connectivity index (χ4v) is 8.34. The molecule has 5 rings (SSSR count). The standard InChI is InChI=1S/C39H54N2O5/c1-18-44-34(43)39(17)36(12,13)28-26-21(4)19(2)20(3)23(6)29(26)40-32(28)38(16,41(39)33(42)35(9,10)11)27-22(5)24(7)30-31(25(27)8)46-37(14,15)45-30/h40H,18H2,1-17H3/t38-,39+/m1/s1. The van der Waals surface area contributed by atoms with Crippen molar-refractivity contribution in [2.75, 3.05) is 6.61 Å². The molecular weight excluding hydrogens is 576 g/mol. The number of H-pyrrole nitrogens is 1. The number of aromatic nitrogens is 1. The minimum atomic E-state index is -1.40. The van der Waals surface area contributed by atoms with Gasteiger partial charge in [0.05, 0.1) is 12.3 Å². The molecule has 0 spiro atoms. The summed E-state index contributed by atoms with van der Waals surface area (Å²) < 4.78 is 18.7. The summed E-state index contributed by atoms with van der Waals surface area (Å²) in [6.45, 7) is 34.6. The molecule has 2 atom stereocenters. The van der Waals surface area contributed by atoms with E-state index in [1.165, 1.54) is 16.7 Å². The van der Waals surface area contributed by atoms with Crippen molar-refractivity contribution in [3.05, 3.63) is 55.8 Å². The summed E-state index contributed by atoms with van der Waals surface area (Å²) in [4.78, 5) is 35.6. The Labute approximate surface area is 275 Å². The van der Waals surface area contributed by atoms with E-state index in [1.807, 2.05) is 67.2 Å². The van der Waals surface area contributed by atoms with E-state index in [-0.39, 0.29) is 12.5 Å². The zero-order chi connectivity index (χ0) is 34.9. The van der Waals surface area contributed by atoms with Gasteiger partial charge in [0.25, 0.3) is 0 Å². The van der Waals surface area contributed by atoms with Gasteiger partial charge in [-0.25, -0.2) is 4.79 Å². The van der Waals surface area contributed by atoms with E-state index >= 15 is 4.79 Å². The van der Waals surface area contributed by atoms with Gasteiger partial charge in [-0.05, 0) is 114 Å². The molecule has 3 aromatic rings. The Morgan fingerprint density at radius 3 is 1.78 bits per heavy atom. The van der Waals surface area contributed by atoms with Gasteiger partial charge in [0.2, 0.25) is 11.7 Å². The first-order valence-corrected chi connectivity index (χ1v) is 16.6. The predicted octanol–water partition coefficient (Wildman–Crippen LogP) is 8.59. The molecule has 0 aliphatic carbocycles. The first-order valence-electron chi connectivity index (χ1n) is 16.6. The highest BCUT2D eigenvalue weighted by molar-refractivity contribution is 5.99. The Morgan fingerprint density at radius 2 is 1.26 bits per heavy atom. The van der Waals surface area contributed by atoms with E-state index in [2.05, 4.69) is 60.4 Å². The lowest BCUT2D eigenvalue weighted by molar-refractivity contribution is -0.181. The number of nitrogens with zero attached hydrogens (tertiary/aromatic N) is 1. The Bertz CT molecular complexity index is 1840. The van der Waals surface area contributed by atoms with Gasteiger partial charge < -0.3 is 24.1 Å². The third-order valence-electron chi connectivity index (χ3n) is 11.6. The minimum absolute atomic E-state index is 0.141. The average molecular weight is 631 g/mol. The molecule has 2 aliphatic heterocycles. The van der Waals surface area contributed by atoms with Crippen LogP contribution in [0.2, 0.25) is 0 Å². The number of carbonyl (C=O) groups excluding carboxylic acids is 2. The number of hydrogen-bond acceptors (Lipinski definition) is 5. The van der Waals surface area contributed by atoms with Gasteiger partial charge in [0.1, 0.15) is 11.1 Å². The number of rotatable bonds is 3. The minimum Gasteiger partial charge on any atom is -0.464 e. The van der Waals surface area contributed by atoms with Crippen molar-refractivity contribution in [2.45, 2.75) is 140 Å². The molecule has 0 saturated heterocycles. The number of carbonyl (C=O) groups is 2. The molecule has 0 bridgehead atoms. The topological polar surface area (TPSA) is 80.9 Å². The van der Waals surface area contributed by atoms with Crippen molar-refractivity contribution in [1.82, 2.24) is 9.88 Å². The smallest absolute Gasteiger partial charge is 0.332 e. The van der Waals surface area contributed by atoms with Crippen LogP contribution in [0, 0.1) is 53.9 Å². The van der Waals surface area contributed by atoms with Crippen molar-refractivity contribution < 1.29 is 23.8 Å². The molecule has 0 radical (unpaired) electrons. The summed E-state index contributed by atoms with van der Waals surface area (Å²) in [5, 5.41) is 1.11. The molecule has 1 aromatic heterocycles. The number of benzene rings is 2. The zero-order valence-corrected chi connectivity index (χ0v) is 31.2. The summed E-state index contributed by atoms with van der Waals surface area (Å²) >= 11 is 0. The second-order valence-electron chi connectivity index (χ2n) is 16.0. The average Bonchev–Trinajstić information content (AvgIpc) is 3.52. The molecule has 2 aromatic carbocycles. The molecule has 1 N–H and O–H groups in total. The normalized spacial score (nSPS) is 23.1. The second-order valence-corrected chi connectivity index (χ2v) is 16.0. The van der Waals surface area contributed by atoms with Gasteiger partial charge >= 0.3 is 5.97 Å². The molecule has 3 heterocycles. The van der Waals surface area contributed by atoms with Crippen LogP contribution in [0.3, 0.4) is 0 Å². The lowest BCUT2D eigenvalue weighted by Crippen LogP contribution is -2.74. The number of hydrogen-bond donors (Lipinski definition) is 1. The van der Waals surface area contributed by atoms with Crippen molar-refractivity contribution >= 4 is 22.8 Å². The maximum atomic E-state index is 15.2. The molecule has 46 heavy (non-hydrogen) atoms. The fourth-order valence-electron chi connectivity index (χ4n) is 8.34. The second kappa shape index (κ2) is 10.0. The third kappa shape index (κ3) is 4.08. The van der Waals surface area contributed by atoms with E-state index in [0.29, 0.717) is 5.75 Å². The number of amides is 1. The van der Waals surface area contributed by atoms with Crippen LogP contribution < -0.4 is 9.47 Å². The first kappa shape index (κ1) is 33.9. The van der Waals surface area contributed by atoms with Crippen molar-refractivity contribution in [3.8, 4) is 11.5 Å². The molecule has 2 aliphatic rings. The monoisotopic (exact) mass is 630 g/mol. The molecule has 0 saturated carbocycles. The largest absolute Gasteiger partial charge is 0.464 e. The highest BCUT2D eigenvalue weighted by Gasteiger charge is 2.67. The summed E-state index contributed by atoms with van der Waals surface area (Å²) in [7, 11) is 0. The molecular formula is C39H54N2O5. The Hall–Kier alpha value is -3.48. The maximum Gasteiger partial charge on any atom is 0.332 e. The molecule has 250 valence electrons. The third-order valence-corrected chi connectivity index (χ3v) is 11.6.